The van der Waals surface area contributed by atoms with Gasteiger partial charge in [0.1, 0.15) is 6.10 Å². The summed E-state index contributed by atoms with van der Waals surface area (Å²) < 4.78 is 6.20. The maximum absolute atomic E-state index is 12.0. The van der Waals surface area contributed by atoms with Gasteiger partial charge in [-0.1, -0.05) is 138 Å². The van der Waals surface area contributed by atoms with E-state index in [1.165, 1.54) is 109 Å². The van der Waals surface area contributed by atoms with Crippen molar-refractivity contribution in [3.63, 3.8) is 0 Å². The molecule has 0 amide bonds. The van der Waals surface area contributed by atoms with Gasteiger partial charge in [-0.2, -0.15) is 23.5 Å². The molecule has 0 aliphatic carbocycles. The van der Waals surface area contributed by atoms with Gasteiger partial charge in [-0.3, -0.25) is 0 Å². The molecule has 0 aliphatic rings. The minimum Gasteiger partial charge on any atom is -0.457 e. The Balaban J connectivity index is 4.37. The summed E-state index contributed by atoms with van der Waals surface area (Å²) in [6.07, 6.45) is 22.6. The Morgan fingerprint density at radius 2 is 1.06 bits per heavy atom. The SMILES string of the molecule is C=CC(=O)OC(CSC(C)(C)CCCCCCCCC)CSC(C)(C)CCCCCCCCC. The fourth-order valence-corrected chi connectivity index (χ4v) is 6.50. The summed E-state index contributed by atoms with van der Waals surface area (Å²) in [5, 5.41) is 0. The molecule has 0 atom stereocenters. The van der Waals surface area contributed by atoms with Crippen molar-refractivity contribution in [2.75, 3.05) is 11.5 Å². The highest BCUT2D eigenvalue weighted by molar-refractivity contribution is 8.01. The Morgan fingerprint density at radius 1 is 0.706 bits per heavy atom. The van der Waals surface area contributed by atoms with Crippen molar-refractivity contribution >= 4 is 29.5 Å². The molecule has 34 heavy (non-hydrogen) atoms. The molecule has 0 aliphatic heterocycles. The van der Waals surface area contributed by atoms with E-state index in [2.05, 4.69) is 48.1 Å². The first-order valence-corrected chi connectivity index (χ1v) is 16.2. The van der Waals surface area contributed by atoms with Gasteiger partial charge in [0, 0.05) is 27.1 Å². The number of rotatable bonds is 24. The van der Waals surface area contributed by atoms with Crippen LogP contribution in [0.15, 0.2) is 12.7 Å². The highest BCUT2D eigenvalue weighted by Gasteiger charge is 2.25. The zero-order valence-corrected chi connectivity index (χ0v) is 25.4. The first-order valence-electron chi connectivity index (χ1n) is 14.3. The molecule has 2 nitrogen and oxygen atoms in total. The molecule has 0 bridgehead atoms. The first kappa shape index (κ1) is 33.9. The van der Waals surface area contributed by atoms with Crippen molar-refractivity contribution in [3.8, 4) is 0 Å². The summed E-state index contributed by atoms with van der Waals surface area (Å²) in [5.41, 5.74) is 0. The highest BCUT2D eigenvalue weighted by Crippen LogP contribution is 2.35. The molecule has 0 saturated carbocycles. The molecule has 0 saturated heterocycles. The zero-order chi connectivity index (χ0) is 25.7. The van der Waals surface area contributed by atoms with Crippen LogP contribution in [0.25, 0.3) is 0 Å². The van der Waals surface area contributed by atoms with E-state index in [1.54, 1.807) is 0 Å². The van der Waals surface area contributed by atoms with Crippen molar-refractivity contribution in [2.45, 2.75) is 160 Å². The molecular formula is C30H58O2S2. The van der Waals surface area contributed by atoms with Gasteiger partial charge < -0.3 is 4.74 Å². The normalized spacial score (nSPS) is 12.3. The number of unbranched alkanes of at least 4 members (excludes halogenated alkanes) is 12. The number of thioether (sulfide) groups is 2. The third kappa shape index (κ3) is 21.2. The quantitative estimate of drug-likeness (QED) is 0.0726. The van der Waals surface area contributed by atoms with Gasteiger partial charge in [0.05, 0.1) is 0 Å². The molecule has 0 unspecified atom stereocenters. The van der Waals surface area contributed by atoms with E-state index in [0.717, 1.165) is 11.5 Å². The second-order valence-corrected chi connectivity index (χ2v) is 14.6. The summed E-state index contributed by atoms with van der Waals surface area (Å²) in [4.78, 5) is 12.0. The van der Waals surface area contributed by atoms with Crippen LogP contribution >= 0.6 is 23.5 Å². The lowest BCUT2D eigenvalue weighted by atomic mass is 10.0. The van der Waals surface area contributed by atoms with Crippen molar-refractivity contribution in [2.24, 2.45) is 0 Å². The van der Waals surface area contributed by atoms with Crippen LogP contribution in [0.2, 0.25) is 0 Å². The average Bonchev–Trinajstić information content (AvgIpc) is 2.79. The Bertz CT molecular complexity index is 468. The first-order chi connectivity index (χ1) is 16.2. The molecule has 0 aromatic carbocycles. The van der Waals surface area contributed by atoms with Gasteiger partial charge in [0.2, 0.25) is 0 Å². The molecule has 4 heteroatoms. The van der Waals surface area contributed by atoms with E-state index < -0.39 is 0 Å². The van der Waals surface area contributed by atoms with Crippen molar-refractivity contribution in [3.05, 3.63) is 12.7 Å². The maximum Gasteiger partial charge on any atom is 0.330 e. The summed E-state index contributed by atoms with van der Waals surface area (Å²) in [5.74, 6) is 1.44. The number of hydrogen-bond acceptors (Lipinski definition) is 4. The molecule has 202 valence electrons. The summed E-state index contributed by atoms with van der Waals surface area (Å²) in [7, 11) is 0. The molecule has 0 spiro atoms. The van der Waals surface area contributed by atoms with Gasteiger partial charge in [0.25, 0.3) is 0 Å². The van der Waals surface area contributed by atoms with Gasteiger partial charge >= 0.3 is 5.97 Å². The van der Waals surface area contributed by atoms with Crippen LogP contribution in [0.4, 0.5) is 0 Å². The smallest absolute Gasteiger partial charge is 0.330 e. The van der Waals surface area contributed by atoms with Crippen molar-refractivity contribution in [1.82, 2.24) is 0 Å². The number of esters is 1. The van der Waals surface area contributed by atoms with E-state index in [-0.39, 0.29) is 21.6 Å². The lowest BCUT2D eigenvalue weighted by Gasteiger charge is -2.29. The van der Waals surface area contributed by atoms with Crippen LogP contribution in [0.3, 0.4) is 0 Å². The summed E-state index contributed by atoms with van der Waals surface area (Å²) in [6.45, 7) is 17.5. The predicted molar refractivity (Wildman–Crippen MR) is 158 cm³/mol. The van der Waals surface area contributed by atoms with E-state index >= 15 is 0 Å². The Morgan fingerprint density at radius 3 is 1.41 bits per heavy atom. The standard InChI is InChI=1S/C30H58O2S2/c1-8-11-13-15-17-19-21-23-29(4,5)33-25-27(32-28(31)10-3)26-34-30(6,7)24-22-20-18-16-14-12-9-2/h10,27H,3,8-9,11-26H2,1-2,4-7H3. The molecule has 0 heterocycles. The summed E-state index contributed by atoms with van der Waals surface area (Å²) in [6, 6.07) is 0. The lowest BCUT2D eigenvalue weighted by Crippen LogP contribution is -2.28. The second-order valence-electron chi connectivity index (χ2n) is 11.1. The third-order valence-electron chi connectivity index (χ3n) is 6.53. The van der Waals surface area contributed by atoms with Gasteiger partial charge in [-0.05, 0) is 12.8 Å². The van der Waals surface area contributed by atoms with Crippen LogP contribution < -0.4 is 0 Å². The van der Waals surface area contributed by atoms with E-state index in [0.29, 0.717) is 0 Å². The Kier molecular flexibility index (Phi) is 21.0. The Labute approximate surface area is 222 Å². The minimum absolute atomic E-state index is 0.0536. The zero-order valence-electron chi connectivity index (χ0n) is 23.7. The molecule has 0 radical (unpaired) electrons. The van der Waals surface area contributed by atoms with E-state index in [4.69, 9.17) is 4.74 Å². The maximum atomic E-state index is 12.0. The topological polar surface area (TPSA) is 26.3 Å². The average molecular weight is 515 g/mol. The number of carbonyl (C=O) groups excluding carboxylic acids is 1. The fourth-order valence-electron chi connectivity index (χ4n) is 4.13. The molecule has 0 fully saturated rings. The lowest BCUT2D eigenvalue weighted by molar-refractivity contribution is -0.140. The van der Waals surface area contributed by atoms with Gasteiger partial charge in [0.15, 0.2) is 0 Å². The molecular weight excluding hydrogens is 456 g/mol. The second kappa shape index (κ2) is 21.0. The fraction of sp³-hybridized carbons (Fsp3) is 0.900. The monoisotopic (exact) mass is 514 g/mol. The summed E-state index contributed by atoms with van der Waals surface area (Å²) >= 11 is 3.94. The number of ether oxygens (including phenoxy) is 1. The largest absolute Gasteiger partial charge is 0.457 e. The van der Waals surface area contributed by atoms with Crippen LogP contribution in [-0.4, -0.2) is 33.1 Å². The van der Waals surface area contributed by atoms with Crippen LogP contribution in [0.5, 0.6) is 0 Å². The van der Waals surface area contributed by atoms with E-state index in [1.807, 2.05) is 23.5 Å². The number of hydrogen-bond donors (Lipinski definition) is 0. The van der Waals surface area contributed by atoms with Crippen LogP contribution in [-0.2, 0) is 9.53 Å². The Hall–Kier alpha value is -0.0900. The molecule has 0 rings (SSSR count). The van der Waals surface area contributed by atoms with Crippen molar-refractivity contribution < 1.29 is 9.53 Å². The van der Waals surface area contributed by atoms with Crippen LogP contribution in [0, 0.1) is 0 Å². The third-order valence-corrected chi connectivity index (χ3v) is 9.58. The van der Waals surface area contributed by atoms with Gasteiger partial charge in [-0.25, -0.2) is 4.79 Å². The van der Waals surface area contributed by atoms with Crippen molar-refractivity contribution in [1.29, 1.82) is 0 Å². The molecule has 0 aromatic heterocycles. The highest BCUT2D eigenvalue weighted by atomic mass is 32.2. The van der Waals surface area contributed by atoms with Gasteiger partial charge in [-0.15, -0.1) is 0 Å². The molecule has 0 aromatic rings. The predicted octanol–water partition coefficient (Wildman–Crippen LogP) is 10.4. The number of carbonyl (C=O) groups is 1. The van der Waals surface area contributed by atoms with Crippen LogP contribution in [0.1, 0.15) is 144 Å². The molecule has 0 N–H and O–H groups in total. The van der Waals surface area contributed by atoms with E-state index in [9.17, 15) is 4.79 Å². The minimum atomic E-state index is -0.291.